The minimum absolute atomic E-state index is 0.107. The van der Waals surface area contributed by atoms with Gasteiger partial charge in [0.25, 0.3) is 0 Å². The Labute approximate surface area is 568 Å². The smallest absolute Gasteiger partial charge is 0.462 e. The molecule has 0 fully saturated rings. The van der Waals surface area contributed by atoms with E-state index in [1.807, 2.05) is 0 Å². The second kappa shape index (κ2) is 67.3. The van der Waals surface area contributed by atoms with Crippen LogP contribution in [-0.2, 0) is 65.4 Å². The maximum Gasteiger partial charge on any atom is 0.472 e. The van der Waals surface area contributed by atoms with Crippen molar-refractivity contribution in [2.45, 2.75) is 406 Å². The predicted molar refractivity (Wildman–Crippen MR) is 377 cm³/mol. The molecule has 0 aromatic carbocycles. The van der Waals surface area contributed by atoms with Crippen molar-refractivity contribution in [2.24, 2.45) is 5.92 Å². The maximum absolute atomic E-state index is 13.1. The van der Waals surface area contributed by atoms with Crippen LogP contribution < -0.4 is 0 Å². The summed E-state index contributed by atoms with van der Waals surface area (Å²) in [6.07, 6.45) is 55.3. The minimum atomic E-state index is -4.95. The van der Waals surface area contributed by atoms with Crippen LogP contribution in [0, 0.1) is 5.92 Å². The quantitative estimate of drug-likeness (QED) is 0.0222. The second-order valence-electron chi connectivity index (χ2n) is 26.9. The average molecular weight is 1370 g/mol. The van der Waals surface area contributed by atoms with E-state index < -0.39 is 97.5 Å². The van der Waals surface area contributed by atoms with Gasteiger partial charge in [0.1, 0.15) is 19.3 Å². The number of carbonyl (C=O) groups excluding carboxylic acids is 4. The fraction of sp³-hybridized carbons (Fsp3) is 0.946. The van der Waals surface area contributed by atoms with Crippen molar-refractivity contribution in [3.05, 3.63) is 0 Å². The zero-order chi connectivity index (χ0) is 68.4. The number of rotatable bonds is 74. The number of carbonyl (C=O) groups is 4. The Hall–Kier alpha value is -1.94. The lowest BCUT2D eigenvalue weighted by molar-refractivity contribution is -0.161. The Bertz CT molecular complexity index is 1790. The van der Waals surface area contributed by atoms with E-state index in [1.54, 1.807) is 0 Å². The van der Waals surface area contributed by atoms with Gasteiger partial charge in [0.2, 0.25) is 0 Å². The normalized spacial score (nSPS) is 14.3. The van der Waals surface area contributed by atoms with Gasteiger partial charge in [0, 0.05) is 25.7 Å². The van der Waals surface area contributed by atoms with Gasteiger partial charge in [-0.1, -0.05) is 336 Å². The van der Waals surface area contributed by atoms with E-state index >= 15 is 0 Å². The van der Waals surface area contributed by atoms with Crippen LogP contribution in [0.1, 0.15) is 388 Å². The Morgan fingerprint density at radius 2 is 0.516 bits per heavy atom. The number of hydrogen-bond donors (Lipinski definition) is 3. The molecule has 19 heteroatoms. The largest absolute Gasteiger partial charge is 0.472 e. The highest BCUT2D eigenvalue weighted by Gasteiger charge is 2.30. The number of hydrogen-bond acceptors (Lipinski definition) is 15. The number of unbranched alkanes of at least 4 members (excludes halogenated alkanes) is 45. The molecule has 17 nitrogen and oxygen atoms in total. The van der Waals surface area contributed by atoms with Crippen molar-refractivity contribution < 1.29 is 80.2 Å². The molecule has 0 aromatic heterocycles. The van der Waals surface area contributed by atoms with Crippen LogP contribution in [0.5, 0.6) is 0 Å². The molecule has 0 heterocycles. The van der Waals surface area contributed by atoms with Crippen LogP contribution in [0.2, 0.25) is 0 Å². The average Bonchev–Trinajstić information content (AvgIpc) is 1.59. The predicted octanol–water partition coefficient (Wildman–Crippen LogP) is 21.7. The van der Waals surface area contributed by atoms with Gasteiger partial charge in [-0.05, 0) is 31.6 Å². The first-order valence-corrected chi connectivity index (χ1v) is 41.7. The molecule has 0 radical (unpaired) electrons. The van der Waals surface area contributed by atoms with Crippen LogP contribution >= 0.6 is 15.6 Å². The summed E-state index contributed by atoms with van der Waals surface area (Å²) < 4.78 is 68.4. The van der Waals surface area contributed by atoms with Gasteiger partial charge in [0.15, 0.2) is 12.2 Å². The summed E-state index contributed by atoms with van der Waals surface area (Å²) in [5, 5.41) is 10.6. The van der Waals surface area contributed by atoms with Crippen molar-refractivity contribution >= 4 is 39.5 Å². The molecular formula is C74H144O17P2. The lowest BCUT2D eigenvalue weighted by Crippen LogP contribution is -2.30. The van der Waals surface area contributed by atoms with Crippen molar-refractivity contribution in [1.82, 2.24) is 0 Å². The molecule has 0 amide bonds. The summed E-state index contributed by atoms with van der Waals surface area (Å²) >= 11 is 0. The van der Waals surface area contributed by atoms with Gasteiger partial charge in [-0.2, -0.15) is 0 Å². The zero-order valence-electron chi connectivity index (χ0n) is 60.4. The van der Waals surface area contributed by atoms with Crippen molar-refractivity contribution in [1.29, 1.82) is 0 Å². The molecule has 0 aromatic rings. The van der Waals surface area contributed by atoms with Gasteiger partial charge < -0.3 is 33.8 Å². The van der Waals surface area contributed by atoms with Crippen molar-refractivity contribution in [2.75, 3.05) is 39.6 Å². The topological polar surface area (TPSA) is 237 Å². The molecule has 0 aliphatic carbocycles. The summed E-state index contributed by atoms with van der Waals surface area (Å²) in [7, 11) is -9.90. The van der Waals surface area contributed by atoms with Gasteiger partial charge >= 0.3 is 39.5 Å². The third-order valence-corrected chi connectivity index (χ3v) is 19.5. The summed E-state index contributed by atoms with van der Waals surface area (Å²) in [5.74, 6) is -1.31. The van der Waals surface area contributed by atoms with Crippen molar-refractivity contribution in [3.63, 3.8) is 0 Å². The van der Waals surface area contributed by atoms with E-state index in [0.29, 0.717) is 25.7 Å². The first kappa shape index (κ1) is 91.1. The maximum atomic E-state index is 13.1. The van der Waals surface area contributed by atoms with Crippen LogP contribution in [0.4, 0.5) is 0 Å². The summed E-state index contributed by atoms with van der Waals surface area (Å²) in [4.78, 5) is 72.7. The van der Waals surface area contributed by atoms with Gasteiger partial charge in [0.05, 0.1) is 26.4 Å². The van der Waals surface area contributed by atoms with E-state index in [4.69, 9.17) is 37.0 Å². The van der Waals surface area contributed by atoms with Crippen LogP contribution in [0.3, 0.4) is 0 Å². The molecule has 6 atom stereocenters. The third-order valence-electron chi connectivity index (χ3n) is 17.6. The van der Waals surface area contributed by atoms with Gasteiger partial charge in [-0.25, -0.2) is 9.13 Å². The molecule has 0 aliphatic rings. The number of phosphoric ester groups is 2. The number of phosphoric acid groups is 2. The van der Waals surface area contributed by atoms with E-state index in [-0.39, 0.29) is 25.7 Å². The fourth-order valence-corrected chi connectivity index (χ4v) is 12.9. The van der Waals surface area contributed by atoms with E-state index in [9.17, 15) is 43.2 Å². The van der Waals surface area contributed by atoms with Crippen LogP contribution in [0.25, 0.3) is 0 Å². The minimum Gasteiger partial charge on any atom is -0.462 e. The molecule has 0 aliphatic heterocycles. The third kappa shape index (κ3) is 67.0. The number of aliphatic hydroxyl groups is 1. The Morgan fingerprint density at radius 3 is 0.763 bits per heavy atom. The number of aliphatic hydroxyl groups excluding tert-OH is 1. The molecular weight excluding hydrogens is 1220 g/mol. The van der Waals surface area contributed by atoms with E-state index in [1.165, 1.54) is 212 Å². The summed E-state index contributed by atoms with van der Waals surface area (Å²) in [6, 6.07) is 0. The molecule has 0 bridgehead atoms. The Balaban J connectivity index is 5.23. The summed E-state index contributed by atoms with van der Waals surface area (Å²) in [6.45, 7) is 7.30. The molecule has 0 saturated heterocycles. The molecule has 0 spiro atoms. The number of esters is 4. The Morgan fingerprint density at radius 1 is 0.301 bits per heavy atom. The molecule has 3 unspecified atom stereocenters. The number of ether oxygens (including phenoxy) is 4. The second-order valence-corrected chi connectivity index (χ2v) is 29.8. The van der Waals surface area contributed by atoms with Gasteiger partial charge in [-0.3, -0.25) is 37.3 Å². The summed E-state index contributed by atoms with van der Waals surface area (Å²) in [5.41, 5.74) is 0. The molecule has 0 saturated carbocycles. The first-order chi connectivity index (χ1) is 45.1. The molecule has 93 heavy (non-hydrogen) atoms. The zero-order valence-corrected chi connectivity index (χ0v) is 62.2. The van der Waals surface area contributed by atoms with Gasteiger partial charge in [-0.15, -0.1) is 0 Å². The highest BCUT2D eigenvalue weighted by molar-refractivity contribution is 7.47. The van der Waals surface area contributed by atoms with Crippen LogP contribution in [-0.4, -0.2) is 96.7 Å². The van der Waals surface area contributed by atoms with E-state index in [0.717, 1.165) is 95.8 Å². The molecule has 0 rings (SSSR count). The van der Waals surface area contributed by atoms with Crippen molar-refractivity contribution in [3.8, 4) is 0 Å². The van der Waals surface area contributed by atoms with Crippen LogP contribution in [0.15, 0.2) is 0 Å². The lowest BCUT2D eigenvalue weighted by Gasteiger charge is -2.21. The highest BCUT2D eigenvalue weighted by atomic mass is 31.2. The molecule has 3 N–H and O–H groups in total. The standard InChI is InChI=1S/C74H144O17P2/c1-6-10-13-16-19-22-25-26-27-28-29-30-31-33-40-45-50-55-60-74(79)91-70(64-85-72(77)58-53-48-43-38-35-34-36-41-46-51-56-67(5)9-4)66-89-93(82,83)87-62-68(75)61-86-92(80,81)88-65-69(63-84-71(76)57-52-47-42-37-24-21-18-15-12-8-3)90-73(78)59-54-49-44-39-32-23-20-17-14-11-7-2/h67-70,75H,6-66H2,1-5H3,(H,80,81)(H,82,83)/t67?,68-,69+,70+/m0/s1. The first-order valence-electron chi connectivity index (χ1n) is 38.7. The monoisotopic (exact) mass is 1370 g/mol. The lowest BCUT2D eigenvalue weighted by atomic mass is 9.99. The van der Waals surface area contributed by atoms with E-state index in [2.05, 4.69) is 34.6 Å². The SMILES string of the molecule is CCCCCCCCCCCCCCCCCCCCC(=O)O[C@H](COC(=O)CCCCCCCCCCCCC(C)CC)COP(=O)(O)OC[C@@H](O)COP(=O)(O)OC[C@@H](COC(=O)CCCCCCCCCCCC)OC(=O)CCCCCCCCCCCCC. The Kier molecular flexibility index (Phi) is 65.9. The highest BCUT2D eigenvalue weighted by Crippen LogP contribution is 2.45. The molecule has 552 valence electrons. The fourth-order valence-electron chi connectivity index (χ4n) is 11.3.